The lowest BCUT2D eigenvalue weighted by Gasteiger charge is -2.30. The molecule has 0 aliphatic carbocycles. The molecule has 1 amide bonds. The van der Waals surface area contributed by atoms with E-state index in [2.05, 4.69) is 26.1 Å². The van der Waals surface area contributed by atoms with Crippen LogP contribution in [0.15, 0.2) is 0 Å². The summed E-state index contributed by atoms with van der Waals surface area (Å²) in [6.07, 6.45) is 3.40. The number of piperidine rings is 1. The van der Waals surface area contributed by atoms with Crippen LogP contribution in [0.25, 0.3) is 0 Å². The third-order valence-electron chi connectivity index (χ3n) is 2.89. The van der Waals surface area contributed by atoms with Crippen LogP contribution >= 0.6 is 0 Å². The van der Waals surface area contributed by atoms with Crippen molar-refractivity contribution in [2.75, 3.05) is 19.6 Å². The largest absolute Gasteiger partial charge is 0.341 e. The van der Waals surface area contributed by atoms with E-state index in [1.54, 1.807) is 0 Å². The van der Waals surface area contributed by atoms with Gasteiger partial charge in [-0.25, -0.2) is 0 Å². The van der Waals surface area contributed by atoms with Crippen LogP contribution < -0.4 is 5.32 Å². The van der Waals surface area contributed by atoms with Crippen molar-refractivity contribution in [2.24, 2.45) is 5.92 Å². The zero-order valence-electron chi connectivity index (χ0n) is 10.3. The predicted molar refractivity (Wildman–Crippen MR) is 62.7 cm³/mol. The van der Waals surface area contributed by atoms with Crippen LogP contribution in [0.1, 0.15) is 40.0 Å². The molecule has 1 heterocycles. The zero-order valence-corrected chi connectivity index (χ0v) is 10.3. The van der Waals surface area contributed by atoms with Gasteiger partial charge in [0.1, 0.15) is 0 Å². The Kier molecular flexibility index (Phi) is 5.09. The first-order chi connectivity index (χ1) is 7.15. The van der Waals surface area contributed by atoms with Gasteiger partial charge in [-0.2, -0.15) is 0 Å². The van der Waals surface area contributed by atoms with Gasteiger partial charge in [0.15, 0.2) is 0 Å². The lowest BCUT2D eigenvalue weighted by molar-refractivity contribution is -0.134. The monoisotopic (exact) mass is 212 g/mol. The number of hydrogen-bond acceptors (Lipinski definition) is 2. The fourth-order valence-electron chi connectivity index (χ4n) is 2.10. The van der Waals surface area contributed by atoms with E-state index in [0.717, 1.165) is 26.1 Å². The maximum absolute atomic E-state index is 12.1. The Labute approximate surface area is 93.2 Å². The smallest absolute Gasteiger partial charge is 0.239 e. The van der Waals surface area contributed by atoms with Gasteiger partial charge in [0.2, 0.25) is 5.91 Å². The highest BCUT2D eigenvalue weighted by molar-refractivity contribution is 5.82. The number of hydrogen-bond donors (Lipinski definition) is 1. The van der Waals surface area contributed by atoms with Crippen molar-refractivity contribution >= 4 is 5.91 Å². The average molecular weight is 212 g/mol. The normalized spacial score (nSPS) is 21.7. The molecule has 1 rings (SSSR count). The van der Waals surface area contributed by atoms with E-state index in [1.165, 1.54) is 12.8 Å². The Morgan fingerprint density at radius 2 is 2.20 bits per heavy atom. The summed E-state index contributed by atoms with van der Waals surface area (Å²) in [4.78, 5) is 14.1. The molecule has 1 aliphatic rings. The minimum Gasteiger partial charge on any atom is -0.341 e. The summed E-state index contributed by atoms with van der Waals surface area (Å²) in [6.45, 7) is 9.08. The minimum atomic E-state index is 0.0810. The number of amides is 1. The quantitative estimate of drug-likeness (QED) is 0.768. The van der Waals surface area contributed by atoms with Crippen LogP contribution in [0, 0.1) is 5.92 Å². The SMILES string of the molecule is CCN(CC(C)C)C(=O)C1CCCCN1. The lowest BCUT2D eigenvalue weighted by Crippen LogP contribution is -2.49. The number of carbonyl (C=O) groups is 1. The molecule has 1 saturated heterocycles. The summed E-state index contributed by atoms with van der Waals surface area (Å²) in [5, 5.41) is 3.32. The molecule has 0 radical (unpaired) electrons. The molecule has 1 N–H and O–H groups in total. The molecule has 0 aromatic heterocycles. The third kappa shape index (κ3) is 3.82. The number of carbonyl (C=O) groups excluding carboxylic acids is 1. The van der Waals surface area contributed by atoms with Crippen LogP contribution in [0.4, 0.5) is 0 Å². The molecule has 1 fully saturated rings. The van der Waals surface area contributed by atoms with E-state index in [4.69, 9.17) is 0 Å². The second-order valence-electron chi connectivity index (χ2n) is 4.77. The average Bonchev–Trinajstić information content (AvgIpc) is 2.26. The van der Waals surface area contributed by atoms with Crippen LogP contribution in [-0.2, 0) is 4.79 Å². The third-order valence-corrected chi connectivity index (χ3v) is 2.89. The molecule has 0 spiro atoms. The summed E-state index contributed by atoms with van der Waals surface area (Å²) in [6, 6.07) is 0.0810. The highest BCUT2D eigenvalue weighted by Crippen LogP contribution is 2.11. The van der Waals surface area contributed by atoms with Crippen molar-refractivity contribution < 1.29 is 4.79 Å². The van der Waals surface area contributed by atoms with Crippen molar-refractivity contribution in [3.05, 3.63) is 0 Å². The molecule has 0 aromatic carbocycles. The van der Waals surface area contributed by atoms with Gasteiger partial charge in [0.25, 0.3) is 0 Å². The summed E-state index contributed by atoms with van der Waals surface area (Å²) in [7, 11) is 0. The first kappa shape index (κ1) is 12.5. The van der Waals surface area contributed by atoms with Crippen molar-refractivity contribution in [2.45, 2.75) is 46.1 Å². The van der Waals surface area contributed by atoms with Gasteiger partial charge in [-0.15, -0.1) is 0 Å². The topological polar surface area (TPSA) is 32.3 Å². The molecule has 1 unspecified atom stereocenters. The second-order valence-corrected chi connectivity index (χ2v) is 4.77. The number of nitrogens with zero attached hydrogens (tertiary/aromatic N) is 1. The fraction of sp³-hybridized carbons (Fsp3) is 0.917. The molecule has 3 nitrogen and oxygen atoms in total. The van der Waals surface area contributed by atoms with Crippen LogP contribution in [0.3, 0.4) is 0 Å². The summed E-state index contributed by atoms with van der Waals surface area (Å²) in [5.74, 6) is 0.850. The maximum Gasteiger partial charge on any atom is 0.239 e. The molecule has 0 aromatic rings. The van der Waals surface area contributed by atoms with E-state index in [9.17, 15) is 4.79 Å². The van der Waals surface area contributed by atoms with Gasteiger partial charge < -0.3 is 10.2 Å². The maximum atomic E-state index is 12.1. The van der Waals surface area contributed by atoms with Crippen molar-refractivity contribution in [3.8, 4) is 0 Å². The Morgan fingerprint density at radius 1 is 1.47 bits per heavy atom. The number of rotatable bonds is 4. The first-order valence-corrected chi connectivity index (χ1v) is 6.17. The highest BCUT2D eigenvalue weighted by atomic mass is 16.2. The zero-order chi connectivity index (χ0) is 11.3. The molecule has 15 heavy (non-hydrogen) atoms. The Hall–Kier alpha value is -0.570. The van der Waals surface area contributed by atoms with Gasteiger partial charge in [0.05, 0.1) is 6.04 Å². The highest BCUT2D eigenvalue weighted by Gasteiger charge is 2.24. The van der Waals surface area contributed by atoms with Gasteiger partial charge >= 0.3 is 0 Å². The molecule has 3 heteroatoms. The van der Waals surface area contributed by atoms with Gasteiger partial charge in [0, 0.05) is 13.1 Å². The van der Waals surface area contributed by atoms with E-state index < -0.39 is 0 Å². The van der Waals surface area contributed by atoms with Crippen LogP contribution in [0.2, 0.25) is 0 Å². The van der Waals surface area contributed by atoms with E-state index in [-0.39, 0.29) is 6.04 Å². The lowest BCUT2D eigenvalue weighted by atomic mass is 10.0. The van der Waals surface area contributed by atoms with Gasteiger partial charge in [-0.3, -0.25) is 4.79 Å². The fourth-order valence-corrected chi connectivity index (χ4v) is 2.10. The summed E-state index contributed by atoms with van der Waals surface area (Å²) < 4.78 is 0. The number of nitrogens with one attached hydrogen (secondary N) is 1. The van der Waals surface area contributed by atoms with Crippen LogP contribution in [-0.4, -0.2) is 36.5 Å². The standard InChI is InChI=1S/C12H24N2O/c1-4-14(9-10(2)3)12(15)11-7-5-6-8-13-11/h10-11,13H,4-9H2,1-3H3. The van der Waals surface area contributed by atoms with Gasteiger partial charge in [-0.1, -0.05) is 20.3 Å². The molecular weight excluding hydrogens is 188 g/mol. The van der Waals surface area contributed by atoms with Gasteiger partial charge in [-0.05, 0) is 32.2 Å². The van der Waals surface area contributed by atoms with E-state index in [0.29, 0.717) is 11.8 Å². The van der Waals surface area contributed by atoms with Crippen molar-refractivity contribution in [1.29, 1.82) is 0 Å². The van der Waals surface area contributed by atoms with Crippen LogP contribution in [0.5, 0.6) is 0 Å². The molecule has 0 bridgehead atoms. The first-order valence-electron chi connectivity index (χ1n) is 6.17. The molecule has 88 valence electrons. The Bertz CT molecular complexity index is 198. The molecule has 0 saturated carbocycles. The molecule has 1 aliphatic heterocycles. The van der Waals surface area contributed by atoms with E-state index >= 15 is 0 Å². The second kappa shape index (κ2) is 6.11. The molecule has 1 atom stereocenters. The molecular formula is C12H24N2O. The Balaban J connectivity index is 2.47. The summed E-state index contributed by atoms with van der Waals surface area (Å²) >= 11 is 0. The summed E-state index contributed by atoms with van der Waals surface area (Å²) in [5.41, 5.74) is 0. The van der Waals surface area contributed by atoms with Crippen molar-refractivity contribution in [1.82, 2.24) is 10.2 Å². The Morgan fingerprint density at radius 3 is 2.67 bits per heavy atom. The van der Waals surface area contributed by atoms with E-state index in [1.807, 2.05) is 4.90 Å². The predicted octanol–water partition coefficient (Wildman–Crippen LogP) is 1.63. The van der Waals surface area contributed by atoms with Crippen molar-refractivity contribution in [3.63, 3.8) is 0 Å². The number of likely N-dealkylation sites (N-methyl/N-ethyl adjacent to an activating group) is 1. The minimum absolute atomic E-state index is 0.0810.